The summed E-state index contributed by atoms with van der Waals surface area (Å²) < 4.78 is 3.11. The van der Waals surface area contributed by atoms with Gasteiger partial charge in [0.1, 0.15) is 0 Å². The Balaban J connectivity index is 1.46. The minimum atomic E-state index is -0.208. The molecule has 8 heteroatoms. The molecule has 4 aromatic rings. The highest BCUT2D eigenvalue weighted by atomic mass is 35.5. The Morgan fingerprint density at radius 1 is 1.25 bits per heavy atom. The first-order valence-electron chi connectivity index (χ1n) is 9.33. The largest absolute Gasteiger partial charge is 0.363 e. The number of fused-ring (bicyclic) bond motifs is 2. The molecule has 142 valence electrons. The number of ketones is 1. The molecule has 3 heterocycles. The van der Waals surface area contributed by atoms with Gasteiger partial charge in [-0.25, -0.2) is 4.98 Å². The normalized spacial score (nSPS) is 17.5. The zero-order valence-electron chi connectivity index (χ0n) is 15.1. The van der Waals surface area contributed by atoms with Gasteiger partial charge in [0, 0.05) is 16.0 Å². The monoisotopic (exact) mass is 411 g/mol. The average molecular weight is 412 g/mol. The molecule has 1 unspecified atom stereocenters. The molecule has 1 aliphatic carbocycles. The molecule has 1 fully saturated rings. The number of Topliss-reactive ketones (excluding diaryl/α,β-unsaturated/α-hetero) is 1. The zero-order valence-corrected chi connectivity index (χ0v) is 16.6. The Bertz CT molecular complexity index is 1150. The van der Waals surface area contributed by atoms with Crippen molar-refractivity contribution in [3.63, 3.8) is 0 Å². The van der Waals surface area contributed by atoms with E-state index in [1.165, 1.54) is 15.0 Å². The number of carbonyl (C=O) groups is 1. The van der Waals surface area contributed by atoms with Gasteiger partial charge in [-0.15, -0.1) is 11.3 Å². The number of hydrogen-bond donors (Lipinski definition) is 1. The molecule has 6 nitrogen and oxygen atoms in total. The summed E-state index contributed by atoms with van der Waals surface area (Å²) >= 11 is 7.93. The first-order chi connectivity index (χ1) is 13.7. The number of hydrogen-bond acceptors (Lipinski definition) is 6. The number of nitrogens with zero attached hydrogens (tertiary/aromatic N) is 4. The van der Waals surface area contributed by atoms with Crippen LogP contribution in [0.1, 0.15) is 36.6 Å². The van der Waals surface area contributed by atoms with Crippen LogP contribution in [-0.2, 0) is 11.3 Å². The number of thiophene rings is 1. The highest BCUT2D eigenvalue weighted by molar-refractivity contribution is 7.19. The van der Waals surface area contributed by atoms with Gasteiger partial charge in [-0.2, -0.15) is 9.97 Å². The lowest BCUT2D eigenvalue weighted by atomic mass is 9.94. The standard InChI is InChI=1S/C20H18ClN5OS/c21-20-24-18(22-10-13-9-12-5-1-4-8-16(12)28-13)17-19(25-20)26(11-23-17)14-6-2-3-7-15(14)27/h1,4-5,8-9,11,14H,2-3,6-7,10H2,(H,22,24,25). The third-order valence-electron chi connectivity index (χ3n) is 5.16. The number of benzene rings is 1. The lowest BCUT2D eigenvalue weighted by Gasteiger charge is -2.21. The summed E-state index contributed by atoms with van der Waals surface area (Å²) in [6.45, 7) is 0.622. The molecule has 0 spiro atoms. The topological polar surface area (TPSA) is 72.7 Å². The summed E-state index contributed by atoms with van der Waals surface area (Å²) in [5.74, 6) is 0.828. The predicted molar refractivity (Wildman–Crippen MR) is 112 cm³/mol. The smallest absolute Gasteiger partial charge is 0.226 e. The Labute approximate surface area is 170 Å². The number of anilines is 1. The maximum Gasteiger partial charge on any atom is 0.226 e. The fraction of sp³-hybridized carbons (Fsp3) is 0.300. The average Bonchev–Trinajstić information content (AvgIpc) is 3.30. The highest BCUT2D eigenvalue weighted by Gasteiger charge is 2.26. The Morgan fingerprint density at radius 2 is 2.14 bits per heavy atom. The zero-order chi connectivity index (χ0) is 19.1. The van der Waals surface area contributed by atoms with Crippen LogP contribution in [0.5, 0.6) is 0 Å². The van der Waals surface area contributed by atoms with Crippen LogP contribution in [0.3, 0.4) is 0 Å². The first kappa shape index (κ1) is 17.6. The van der Waals surface area contributed by atoms with Crippen LogP contribution in [0.25, 0.3) is 21.3 Å². The number of aromatic nitrogens is 4. The second kappa shape index (κ2) is 7.14. The molecule has 1 saturated carbocycles. The third-order valence-corrected chi connectivity index (χ3v) is 6.44. The molecule has 1 atom stereocenters. The lowest BCUT2D eigenvalue weighted by Crippen LogP contribution is -2.22. The summed E-state index contributed by atoms with van der Waals surface area (Å²) in [4.78, 5) is 26.8. The lowest BCUT2D eigenvalue weighted by molar-refractivity contribution is -0.123. The van der Waals surface area contributed by atoms with E-state index in [9.17, 15) is 4.79 Å². The molecule has 3 aromatic heterocycles. The van der Waals surface area contributed by atoms with E-state index < -0.39 is 0 Å². The van der Waals surface area contributed by atoms with E-state index in [4.69, 9.17) is 11.6 Å². The third kappa shape index (κ3) is 3.14. The van der Waals surface area contributed by atoms with Crippen LogP contribution in [0.2, 0.25) is 5.28 Å². The van der Waals surface area contributed by atoms with Gasteiger partial charge in [0.25, 0.3) is 0 Å². The van der Waals surface area contributed by atoms with Gasteiger partial charge in [-0.3, -0.25) is 4.79 Å². The molecule has 0 bridgehead atoms. The Kier molecular flexibility index (Phi) is 4.49. The van der Waals surface area contributed by atoms with Gasteiger partial charge in [-0.1, -0.05) is 24.6 Å². The van der Waals surface area contributed by atoms with Gasteiger partial charge in [0.05, 0.1) is 18.9 Å². The summed E-state index contributed by atoms with van der Waals surface area (Å²) in [5, 5.41) is 4.73. The minimum absolute atomic E-state index is 0.149. The van der Waals surface area contributed by atoms with E-state index >= 15 is 0 Å². The Morgan fingerprint density at radius 3 is 3.00 bits per heavy atom. The highest BCUT2D eigenvalue weighted by Crippen LogP contribution is 2.31. The molecule has 0 saturated heterocycles. The van der Waals surface area contributed by atoms with Crippen molar-refractivity contribution in [2.45, 2.75) is 38.3 Å². The minimum Gasteiger partial charge on any atom is -0.363 e. The van der Waals surface area contributed by atoms with Crippen molar-refractivity contribution in [3.8, 4) is 0 Å². The van der Waals surface area contributed by atoms with E-state index in [0.717, 1.165) is 19.3 Å². The van der Waals surface area contributed by atoms with E-state index in [1.807, 2.05) is 16.7 Å². The van der Waals surface area contributed by atoms with Crippen LogP contribution in [0, 0.1) is 0 Å². The molecule has 0 radical (unpaired) electrons. The SMILES string of the molecule is O=C1CCCCC1n1cnc2c(NCc3cc4ccccc4s3)nc(Cl)nc21. The predicted octanol–water partition coefficient (Wildman–Crippen LogP) is 4.99. The van der Waals surface area contributed by atoms with Crippen molar-refractivity contribution in [1.29, 1.82) is 0 Å². The summed E-state index contributed by atoms with van der Waals surface area (Å²) in [7, 11) is 0. The number of nitrogens with one attached hydrogen (secondary N) is 1. The molecule has 1 N–H and O–H groups in total. The maximum absolute atomic E-state index is 12.4. The van der Waals surface area contributed by atoms with Crippen molar-refractivity contribution < 1.29 is 4.79 Å². The summed E-state index contributed by atoms with van der Waals surface area (Å²) in [5.41, 5.74) is 1.25. The van der Waals surface area contributed by atoms with Gasteiger partial charge in [0.15, 0.2) is 22.8 Å². The molecule has 0 aliphatic heterocycles. The second-order valence-corrected chi connectivity index (χ2v) is 8.50. The molecule has 1 aromatic carbocycles. The van der Waals surface area contributed by atoms with E-state index in [-0.39, 0.29) is 17.1 Å². The van der Waals surface area contributed by atoms with Crippen molar-refractivity contribution in [2.75, 3.05) is 5.32 Å². The number of rotatable bonds is 4. The molecule has 0 amide bonds. The van der Waals surface area contributed by atoms with Crippen molar-refractivity contribution in [1.82, 2.24) is 19.5 Å². The van der Waals surface area contributed by atoms with E-state index in [1.54, 1.807) is 17.7 Å². The van der Waals surface area contributed by atoms with Gasteiger partial charge in [0.2, 0.25) is 5.28 Å². The molecule has 5 rings (SSSR count). The molecular weight excluding hydrogens is 394 g/mol. The van der Waals surface area contributed by atoms with Crippen LogP contribution in [-0.4, -0.2) is 25.3 Å². The van der Waals surface area contributed by atoms with Crippen LogP contribution in [0.4, 0.5) is 5.82 Å². The summed E-state index contributed by atoms with van der Waals surface area (Å²) in [6, 6.07) is 10.3. The fourth-order valence-electron chi connectivity index (χ4n) is 3.79. The van der Waals surface area contributed by atoms with Crippen molar-refractivity contribution in [3.05, 3.63) is 46.8 Å². The summed E-state index contributed by atoms with van der Waals surface area (Å²) in [6.07, 6.45) is 5.11. The van der Waals surface area contributed by atoms with E-state index in [0.29, 0.717) is 29.9 Å². The van der Waals surface area contributed by atoms with Crippen LogP contribution in [0.15, 0.2) is 36.7 Å². The fourth-order valence-corrected chi connectivity index (χ4v) is 4.96. The number of imidazole rings is 1. The van der Waals surface area contributed by atoms with Crippen molar-refractivity contribution >= 4 is 55.8 Å². The number of halogens is 1. The van der Waals surface area contributed by atoms with Crippen LogP contribution < -0.4 is 5.32 Å². The van der Waals surface area contributed by atoms with Gasteiger partial charge < -0.3 is 9.88 Å². The van der Waals surface area contributed by atoms with E-state index in [2.05, 4.69) is 38.5 Å². The van der Waals surface area contributed by atoms with Crippen molar-refractivity contribution in [2.24, 2.45) is 0 Å². The maximum atomic E-state index is 12.4. The number of carbonyl (C=O) groups excluding carboxylic acids is 1. The Hall–Kier alpha value is -2.51. The van der Waals surface area contributed by atoms with Crippen LogP contribution >= 0.6 is 22.9 Å². The molecule has 1 aliphatic rings. The van der Waals surface area contributed by atoms with Gasteiger partial charge in [-0.05, 0) is 42.0 Å². The first-order valence-corrected chi connectivity index (χ1v) is 10.5. The van der Waals surface area contributed by atoms with Gasteiger partial charge >= 0.3 is 0 Å². The molecule has 28 heavy (non-hydrogen) atoms. The molecular formula is C20H18ClN5OS. The quantitative estimate of drug-likeness (QED) is 0.479. The second-order valence-electron chi connectivity index (χ2n) is 7.00.